The first-order valence-corrected chi connectivity index (χ1v) is 4.95. The molecular weight excluding hydrogens is 305 g/mol. The Morgan fingerprint density at radius 2 is 2.21 bits per heavy atom. The molecule has 3 N–H and O–H groups in total. The summed E-state index contributed by atoms with van der Waals surface area (Å²) < 4.78 is 25.3. The number of nitrogens with zero attached hydrogens (tertiary/aromatic N) is 1. The zero-order valence-electron chi connectivity index (χ0n) is 7.17. The van der Waals surface area contributed by atoms with Gasteiger partial charge in [0.15, 0.2) is 0 Å². The fourth-order valence-electron chi connectivity index (χ4n) is 1.11. The number of aliphatic hydroxyl groups is 1. The molecule has 0 fully saturated rings. The fraction of sp³-hybridized carbons (Fsp3) is 0.375. The Morgan fingerprint density at radius 3 is 2.64 bits per heavy atom. The van der Waals surface area contributed by atoms with E-state index in [0.29, 0.717) is 11.3 Å². The minimum absolute atomic E-state index is 0.0190. The lowest BCUT2D eigenvalue weighted by molar-refractivity contribution is 0.148. The largest absolute Gasteiger partial charge is 0.390 e. The van der Waals surface area contributed by atoms with Crippen LogP contribution in [0.4, 0.5) is 8.78 Å². The number of nitrogens with two attached hydrogens (primary N) is 1. The van der Waals surface area contributed by atoms with Gasteiger partial charge < -0.3 is 10.8 Å². The van der Waals surface area contributed by atoms with Crippen LogP contribution in [0, 0.1) is 3.70 Å². The van der Waals surface area contributed by atoms with Crippen LogP contribution in [-0.2, 0) is 13.2 Å². The molecule has 0 unspecified atom stereocenters. The number of aromatic nitrogens is 1. The van der Waals surface area contributed by atoms with Crippen LogP contribution in [0.1, 0.15) is 23.2 Å². The highest BCUT2D eigenvalue weighted by Crippen LogP contribution is 2.27. The van der Waals surface area contributed by atoms with Gasteiger partial charge in [0.05, 0.1) is 17.9 Å². The van der Waals surface area contributed by atoms with E-state index in [9.17, 15) is 8.78 Å². The van der Waals surface area contributed by atoms with Gasteiger partial charge in [0.25, 0.3) is 6.43 Å². The van der Waals surface area contributed by atoms with Crippen molar-refractivity contribution in [2.45, 2.75) is 19.6 Å². The molecule has 0 atom stereocenters. The average molecular weight is 314 g/mol. The maximum atomic E-state index is 12.5. The molecule has 14 heavy (non-hydrogen) atoms. The Kier molecular flexibility index (Phi) is 4.14. The van der Waals surface area contributed by atoms with Crippen LogP contribution < -0.4 is 5.73 Å². The first-order chi connectivity index (χ1) is 6.60. The highest BCUT2D eigenvalue weighted by molar-refractivity contribution is 14.1. The minimum Gasteiger partial charge on any atom is -0.390 e. The van der Waals surface area contributed by atoms with E-state index in [4.69, 9.17) is 10.8 Å². The summed E-state index contributed by atoms with van der Waals surface area (Å²) in [5.74, 6) is 0. The first-order valence-electron chi connectivity index (χ1n) is 3.87. The number of pyridine rings is 1. The van der Waals surface area contributed by atoms with Crippen molar-refractivity contribution < 1.29 is 13.9 Å². The summed E-state index contributed by atoms with van der Waals surface area (Å²) in [6.07, 6.45) is -2.58. The van der Waals surface area contributed by atoms with Crippen molar-refractivity contribution >= 4 is 22.6 Å². The van der Waals surface area contributed by atoms with Gasteiger partial charge in [-0.2, -0.15) is 0 Å². The zero-order chi connectivity index (χ0) is 10.7. The molecule has 0 aromatic carbocycles. The van der Waals surface area contributed by atoms with Crippen molar-refractivity contribution in [1.29, 1.82) is 0 Å². The summed E-state index contributed by atoms with van der Waals surface area (Å²) >= 11 is 1.72. The molecule has 0 aliphatic carbocycles. The summed E-state index contributed by atoms with van der Waals surface area (Å²) in [6.45, 7) is -0.252. The van der Waals surface area contributed by atoms with Crippen LogP contribution in [0.15, 0.2) is 6.07 Å². The topological polar surface area (TPSA) is 59.1 Å². The third-order valence-electron chi connectivity index (χ3n) is 1.75. The normalized spacial score (nSPS) is 11.0. The lowest BCUT2D eigenvalue weighted by Crippen LogP contribution is -2.08. The lowest BCUT2D eigenvalue weighted by atomic mass is 10.1. The summed E-state index contributed by atoms with van der Waals surface area (Å²) in [5, 5.41) is 8.82. The van der Waals surface area contributed by atoms with Crippen molar-refractivity contribution in [3.8, 4) is 0 Å². The second-order valence-electron chi connectivity index (χ2n) is 2.64. The first kappa shape index (κ1) is 11.7. The standard InChI is InChI=1S/C8H9F2IN2O/c9-7(10)6-4(2-12)1-5(3-14)13-8(6)11/h1,7,14H,2-3,12H2. The van der Waals surface area contributed by atoms with E-state index in [1.54, 1.807) is 22.6 Å². The molecule has 0 aliphatic rings. The molecule has 0 saturated carbocycles. The molecule has 0 saturated heterocycles. The summed E-state index contributed by atoms with van der Waals surface area (Å²) in [5.41, 5.74) is 5.90. The van der Waals surface area contributed by atoms with E-state index in [1.165, 1.54) is 6.07 Å². The predicted octanol–water partition coefficient (Wildman–Crippen LogP) is 1.57. The highest BCUT2D eigenvalue weighted by atomic mass is 127. The molecular formula is C8H9F2IN2O. The molecule has 0 spiro atoms. The Balaban J connectivity index is 3.27. The third kappa shape index (κ3) is 2.37. The number of rotatable bonds is 3. The number of halogens is 3. The van der Waals surface area contributed by atoms with Gasteiger partial charge in [-0.25, -0.2) is 13.8 Å². The quantitative estimate of drug-likeness (QED) is 0.658. The van der Waals surface area contributed by atoms with Crippen molar-refractivity contribution in [1.82, 2.24) is 4.98 Å². The van der Waals surface area contributed by atoms with Crippen LogP contribution >= 0.6 is 22.6 Å². The zero-order valence-corrected chi connectivity index (χ0v) is 9.33. The molecule has 0 amide bonds. The molecule has 1 rings (SSSR count). The van der Waals surface area contributed by atoms with Crippen LogP contribution in [0.25, 0.3) is 0 Å². The Morgan fingerprint density at radius 1 is 1.57 bits per heavy atom. The van der Waals surface area contributed by atoms with Crippen LogP contribution in [0.3, 0.4) is 0 Å². The Hall–Kier alpha value is -0.340. The monoisotopic (exact) mass is 314 g/mol. The summed E-state index contributed by atoms with van der Waals surface area (Å²) in [7, 11) is 0. The van der Waals surface area contributed by atoms with E-state index < -0.39 is 6.43 Å². The van der Waals surface area contributed by atoms with Gasteiger partial charge in [-0.15, -0.1) is 0 Å². The van der Waals surface area contributed by atoms with Crippen molar-refractivity contribution in [3.63, 3.8) is 0 Å². The second kappa shape index (κ2) is 4.94. The molecule has 0 radical (unpaired) electrons. The van der Waals surface area contributed by atoms with Crippen molar-refractivity contribution in [2.75, 3.05) is 0 Å². The molecule has 78 valence electrons. The minimum atomic E-state index is -2.58. The summed E-state index contributed by atoms with van der Waals surface area (Å²) in [4.78, 5) is 3.82. The number of aliphatic hydroxyl groups excluding tert-OH is 1. The SMILES string of the molecule is NCc1cc(CO)nc(I)c1C(F)F. The third-order valence-corrected chi connectivity index (χ3v) is 2.57. The number of alkyl halides is 2. The maximum absolute atomic E-state index is 12.5. The summed E-state index contributed by atoms with van der Waals surface area (Å²) in [6, 6.07) is 1.41. The number of hydrogen-bond acceptors (Lipinski definition) is 3. The molecule has 1 aromatic rings. The average Bonchev–Trinajstić information content (AvgIpc) is 2.15. The van der Waals surface area contributed by atoms with Gasteiger partial charge in [0.2, 0.25) is 0 Å². The van der Waals surface area contributed by atoms with Gasteiger partial charge in [0.1, 0.15) is 3.70 Å². The van der Waals surface area contributed by atoms with Gasteiger partial charge in [0, 0.05) is 6.54 Å². The smallest absolute Gasteiger partial charge is 0.266 e. The fourth-order valence-corrected chi connectivity index (χ4v) is 2.00. The van der Waals surface area contributed by atoms with E-state index in [0.717, 1.165) is 0 Å². The van der Waals surface area contributed by atoms with Gasteiger partial charge in [-0.3, -0.25) is 0 Å². The van der Waals surface area contributed by atoms with Crippen molar-refractivity contribution in [3.05, 3.63) is 26.6 Å². The van der Waals surface area contributed by atoms with Crippen LogP contribution in [0.5, 0.6) is 0 Å². The maximum Gasteiger partial charge on any atom is 0.266 e. The highest BCUT2D eigenvalue weighted by Gasteiger charge is 2.18. The molecule has 0 aliphatic heterocycles. The van der Waals surface area contributed by atoms with Crippen LogP contribution in [0.2, 0.25) is 0 Å². The van der Waals surface area contributed by atoms with Gasteiger partial charge in [-0.1, -0.05) is 0 Å². The van der Waals surface area contributed by atoms with E-state index >= 15 is 0 Å². The molecule has 1 heterocycles. The van der Waals surface area contributed by atoms with E-state index in [1.807, 2.05) is 0 Å². The van der Waals surface area contributed by atoms with E-state index in [-0.39, 0.29) is 22.4 Å². The van der Waals surface area contributed by atoms with Crippen LogP contribution in [-0.4, -0.2) is 10.1 Å². The Labute approximate surface area is 93.5 Å². The number of hydrogen-bond donors (Lipinski definition) is 2. The predicted molar refractivity (Wildman–Crippen MR) is 55.7 cm³/mol. The lowest BCUT2D eigenvalue weighted by Gasteiger charge is -2.10. The van der Waals surface area contributed by atoms with Crippen molar-refractivity contribution in [2.24, 2.45) is 5.73 Å². The molecule has 6 heteroatoms. The van der Waals surface area contributed by atoms with Gasteiger partial charge in [-0.05, 0) is 34.2 Å². The second-order valence-corrected chi connectivity index (χ2v) is 3.66. The molecule has 0 bridgehead atoms. The van der Waals surface area contributed by atoms with Gasteiger partial charge >= 0.3 is 0 Å². The Bertz CT molecular complexity index is 333. The molecule has 1 aromatic heterocycles. The van der Waals surface area contributed by atoms with E-state index in [2.05, 4.69) is 4.98 Å². The molecule has 3 nitrogen and oxygen atoms in total.